The molecule has 0 spiro atoms. The van der Waals surface area contributed by atoms with E-state index >= 15 is 0 Å². The Labute approximate surface area is 106 Å². The van der Waals surface area contributed by atoms with E-state index < -0.39 is 16.8 Å². The number of rotatable bonds is 2. The van der Waals surface area contributed by atoms with Crippen molar-refractivity contribution in [3.63, 3.8) is 0 Å². The molecule has 1 aliphatic rings. The molecule has 1 saturated carbocycles. The second-order valence-electron chi connectivity index (χ2n) is 4.02. The highest BCUT2D eigenvalue weighted by atomic mass is 35.5. The first-order chi connectivity index (χ1) is 7.79. The van der Waals surface area contributed by atoms with Crippen molar-refractivity contribution in [1.82, 2.24) is 0 Å². The van der Waals surface area contributed by atoms with Crippen molar-refractivity contribution in [3.8, 4) is 0 Å². The summed E-state index contributed by atoms with van der Waals surface area (Å²) in [7, 11) is 0. The minimum Gasteiger partial charge on any atom is -0.276 e. The van der Waals surface area contributed by atoms with Crippen molar-refractivity contribution in [2.45, 2.75) is 24.4 Å². The Balaban J connectivity index is 2.62. The summed E-state index contributed by atoms with van der Waals surface area (Å²) in [6.45, 7) is 0. The van der Waals surface area contributed by atoms with Crippen LogP contribution in [0.2, 0.25) is 5.02 Å². The van der Waals surface area contributed by atoms with Crippen LogP contribution in [0.15, 0.2) is 18.2 Å². The largest absolute Gasteiger partial charge is 0.398 e. The van der Waals surface area contributed by atoms with Crippen LogP contribution in [0, 0.1) is 0 Å². The zero-order valence-electron chi connectivity index (χ0n) is 8.44. The standard InChI is InChI=1S/C11H7Cl2F3O/c12-7-3-1-2-6(8(7)9(13)17)10(4-5-10)11(14,15)16/h1-3H,4-5H2. The first-order valence-corrected chi connectivity index (χ1v) is 5.61. The highest BCUT2D eigenvalue weighted by molar-refractivity contribution is 6.69. The molecule has 0 amide bonds. The third kappa shape index (κ3) is 1.93. The molecule has 1 aromatic rings. The molecule has 0 aliphatic heterocycles. The fraction of sp³-hybridized carbons (Fsp3) is 0.364. The molecule has 0 unspecified atom stereocenters. The van der Waals surface area contributed by atoms with E-state index in [1.54, 1.807) is 0 Å². The van der Waals surface area contributed by atoms with E-state index in [0.717, 1.165) is 0 Å². The third-order valence-corrected chi connectivity index (χ3v) is 3.52. The summed E-state index contributed by atoms with van der Waals surface area (Å²) in [4.78, 5) is 11.2. The molecule has 0 atom stereocenters. The summed E-state index contributed by atoms with van der Waals surface area (Å²) in [5.74, 6) is 0. The van der Waals surface area contributed by atoms with E-state index in [0.29, 0.717) is 0 Å². The van der Waals surface area contributed by atoms with E-state index in [2.05, 4.69) is 0 Å². The van der Waals surface area contributed by atoms with Gasteiger partial charge in [-0.2, -0.15) is 13.2 Å². The number of halogens is 5. The molecule has 2 rings (SSSR count). The SMILES string of the molecule is O=C(Cl)c1c(Cl)cccc1C1(C(F)(F)F)CC1. The molecule has 0 radical (unpaired) electrons. The maximum Gasteiger partial charge on any atom is 0.398 e. The fourth-order valence-corrected chi connectivity index (χ4v) is 2.47. The average molecular weight is 283 g/mol. The molecule has 0 N–H and O–H groups in total. The van der Waals surface area contributed by atoms with Gasteiger partial charge in [0.05, 0.1) is 16.0 Å². The normalized spacial score (nSPS) is 17.9. The zero-order chi connectivity index (χ0) is 12.8. The molecule has 6 heteroatoms. The van der Waals surface area contributed by atoms with Crippen LogP contribution in [0.5, 0.6) is 0 Å². The van der Waals surface area contributed by atoms with E-state index in [1.807, 2.05) is 0 Å². The van der Waals surface area contributed by atoms with E-state index in [4.69, 9.17) is 23.2 Å². The predicted octanol–water partition coefficient (Wildman–Crippen LogP) is 4.31. The molecular formula is C11H7Cl2F3O. The Hall–Kier alpha value is -0.740. The first kappa shape index (κ1) is 12.7. The van der Waals surface area contributed by atoms with Crippen molar-refractivity contribution in [2.75, 3.05) is 0 Å². The van der Waals surface area contributed by atoms with Crippen molar-refractivity contribution in [2.24, 2.45) is 0 Å². The molecular weight excluding hydrogens is 276 g/mol. The Bertz CT molecular complexity index is 478. The zero-order valence-corrected chi connectivity index (χ0v) is 9.96. The quantitative estimate of drug-likeness (QED) is 0.739. The molecule has 0 aromatic heterocycles. The summed E-state index contributed by atoms with van der Waals surface area (Å²) in [6, 6.07) is 4.02. The van der Waals surface area contributed by atoms with Crippen molar-refractivity contribution < 1.29 is 18.0 Å². The van der Waals surface area contributed by atoms with Gasteiger partial charge in [0.25, 0.3) is 5.24 Å². The molecule has 17 heavy (non-hydrogen) atoms. The van der Waals surface area contributed by atoms with Crippen LogP contribution in [0.4, 0.5) is 13.2 Å². The second kappa shape index (κ2) is 3.89. The lowest BCUT2D eigenvalue weighted by atomic mass is 9.91. The molecule has 1 nitrogen and oxygen atoms in total. The van der Waals surface area contributed by atoms with Gasteiger partial charge in [0.2, 0.25) is 0 Å². The van der Waals surface area contributed by atoms with Gasteiger partial charge in [0, 0.05) is 0 Å². The molecule has 92 valence electrons. The molecule has 1 fully saturated rings. The van der Waals surface area contributed by atoms with Gasteiger partial charge in [0.15, 0.2) is 0 Å². The third-order valence-electron chi connectivity index (χ3n) is 3.02. The minimum atomic E-state index is -4.39. The van der Waals surface area contributed by atoms with Crippen LogP contribution in [-0.2, 0) is 5.41 Å². The average Bonchev–Trinajstić information content (AvgIpc) is 2.95. The molecule has 1 aliphatic carbocycles. The van der Waals surface area contributed by atoms with Gasteiger partial charge in [-0.05, 0) is 36.1 Å². The first-order valence-electron chi connectivity index (χ1n) is 4.85. The summed E-state index contributed by atoms with van der Waals surface area (Å²) in [5.41, 5.74) is -2.29. The van der Waals surface area contributed by atoms with Crippen LogP contribution in [0.25, 0.3) is 0 Å². The fourth-order valence-electron chi connectivity index (χ4n) is 1.95. The molecule has 0 bridgehead atoms. The monoisotopic (exact) mass is 282 g/mol. The van der Waals surface area contributed by atoms with E-state index in [1.165, 1.54) is 18.2 Å². The summed E-state index contributed by atoms with van der Waals surface area (Å²) >= 11 is 11.0. The summed E-state index contributed by atoms with van der Waals surface area (Å²) < 4.78 is 38.9. The minimum absolute atomic E-state index is 0.0337. The van der Waals surface area contributed by atoms with Gasteiger partial charge in [-0.1, -0.05) is 23.7 Å². The van der Waals surface area contributed by atoms with Crippen molar-refractivity contribution >= 4 is 28.4 Å². The summed E-state index contributed by atoms with van der Waals surface area (Å²) in [6.07, 6.45) is -4.46. The van der Waals surface area contributed by atoms with Gasteiger partial charge in [-0.25, -0.2) is 0 Å². The Morgan fingerprint density at radius 1 is 1.29 bits per heavy atom. The predicted molar refractivity (Wildman–Crippen MR) is 58.6 cm³/mol. The lowest BCUT2D eigenvalue weighted by molar-refractivity contribution is -0.160. The highest BCUT2D eigenvalue weighted by Crippen LogP contribution is 2.60. The number of carbonyl (C=O) groups excluding carboxylic acids is 1. The summed E-state index contributed by atoms with van der Waals surface area (Å²) in [5, 5.41) is -1.00. The molecule has 0 heterocycles. The van der Waals surface area contributed by atoms with Gasteiger partial charge < -0.3 is 0 Å². The lowest BCUT2D eigenvalue weighted by Crippen LogP contribution is -2.30. The number of carbonyl (C=O) groups is 1. The van der Waals surface area contributed by atoms with E-state index in [-0.39, 0.29) is 29.0 Å². The Kier molecular flexibility index (Phi) is 2.91. The maximum absolute atomic E-state index is 13.0. The van der Waals surface area contributed by atoms with Gasteiger partial charge in [-0.3, -0.25) is 4.79 Å². The molecule has 1 aromatic carbocycles. The Morgan fingerprint density at radius 2 is 1.88 bits per heavy atom. The molecule has 0 saturated heterocycles. The van der Waals surface area contributed by atoms with Crippen LogP contribution < -0.4 is 0 Å². The van der Waals surface area contributed by atoms with Crippen molar-refractivity contribution in [1.29, 1.82) is 0 Å². The van der Waals surface area contributed by atoms with Crippen LogP contribution in [-0.4, -0.2) is 11.4 Å². The maximum atomic E-state index is 13.0. The highest BCUT2D eigenvalue weighted by Gasteiger charge is 2.65. The number of benzene rings is 1. The number of hydrogen-bond donors (Lipinski definition) is 0. The van der Waals surface area contributed by atoms with Gasteiger partial charge in [-0.15, -0.1) is 0 Å². The second-order valence-corrected chi connectivity index (χ2v) is 4.77. The van der Waals surface area contributed by atoms with Gasteiger partial charge in [0.1, 0.15) is 0 Å². The number of hydrogen-bond acceptors (Lipinski definition) is 1. The lowest BCUT2D eigenvalue weighted by Gasteiger charge is -2.21. The van der Waals surface area contributed by atoms with Crippen LogP contribution >= 0.6 is 23.2 Å². The topological polar surface area (TPSA) is 17.1 Å². The van der Waals surface area contributed by atoms with Crippen LogP contribution in [0.1, 0.15) is 28.8 Å². The van der Waals surface area contributed by atoms with Crippen LogP contribution in [0.3, 0.4) is 0 Å². The number of alkyl halides is 3. The Morgan fingerprint density at radius 3 is 2.29 bits per heavy atom. The van der Waals surface area contributed by atoms with E-state index in [9.17, 15) is 18.0 Å². The van der Waals surface area contributed by atoms with Crippen molar-refractivity contribution in [3.05, 3.63) is 34.3 Å². The van der Waals surface area contributed by atoms with Gasteiger partial charge >= 0.3 is 6.18 Å². The smallest absolute Gasteiger partial charge is 0.276 e.